The van der Waals surface area contributed by atoms with Gasteiger partial charge in [-0.2, -0.15) is 0 Å². The average Bonchev–Trinajstić information content (AvgIpc) is 2.14. The van der Waals surface area contributed by atoms with Gasteiger partial charge in [0.05, 0.1) is 0 Å². The molecule has 1 aliphatic heterocycles. The summed E-state index contributed by atoms with van der Waals surface area (Å²) in [5, 5.41) is 10.5. The summed E-state index contributed by atoms with van der Waals surface area (Å²) in [6, 6.07) is 0. The Labute approximate surface area is 128 Å². The van der Waals surface area contributed by atoms with Crippen molar-refractivity contribution in [2.75, 3.05) is 13.1 Å². The number of hydrogen-bond acceptors (Lipinski definition) is 3. The number of rotatable bonds is 1. The Morgan fingerprint density at radius 1 is 1.21 bits per heavy atom. The van der Waals surface area contributed by atoms with E-state index in [9.17, 15) is 9.90 Å². The van der Waals surface area contributed by atoms with Crippen LogP contribution in [-0.2, 0) is 23.3 Å². The number of carbonyl (C=O) groups excluding carboxylic acids is 1. The van der Waals surface area contributed by atoms with Gasteiger partial charge in [-0.25, -0.2) is 4.79 Å². The zero-order chi connectivity index (χ0) is 14.2. The molecule has 0 atom stereocenters. The van der Waals surface area contributed by atoms with Gasteiger partial charge in [0.1, 0.15) is 5.60 Å². The number of amides is 1. The number of carbonyl (C=O) groups is 1. The van der Waals surface area contributed by atoms with Gasteiger partial charge < -0.3 is 21.7 Å². The van der Waals surface area contributed by atoms with E-state index in [1.165, 1.54) is 0 Å². The second kappa shape index (κ2) is 6.07. The molecule has 0 saturated carbocycles. The van der Waals surface area contributed by atoms with E-state index >= 15 is 0 Å². The molecule has 0 aromatic heterocycles. The van der Waals surface area contributed by atoms with Gasteiger partial charge in [-0.3, -0.25) is 0 Å². The van der Waals surface area contributed by atoms with Crippen LogP contribution < -0.4 is 0 Å². The number of ether oxygens (including phenoxy) is 1. The first-order valence-corrected chi connectivity index (χ1v) is 6.50. The van der Waals surface area contributed by atoms with Gasteiger partial charge in [-0.05, 0) is 33.6 Å². The maximum atomic E-state index is 11.9. The van der Waals surface area contributed by atoms with Gasteiger partial charge in [-0.1, -0.05) is 13.8 Å². The van der Waals surface area contributed by atoms with Crippen LogP contribution in [0.1, 0.15) is 47.5 Å². The molecular weight excluding hydrogens is 281 g/mol. The quantitative estimate of drug-likeness (QED) is 0.758. The summed E-state index contributed by atoms with van der Waals surface area (Å²) in [7, 11) is 0. The summed E-state index contributed by atoms with van der Waals surface area (Å²) in [4.78, 5) is 13.5. The Bertz CT molecular complexity index is 310. The number of aliphatic hydroxyl groups is 1. The summed E-state index contributed by atoms with van der Waals surface area (Å²) in [5.74, 6) is 0. The standard InChI is InChI=1S/C14H26NO3.V/c1-12(2,3)14(17)7-9-15(10-8-14)11(16)18-13(4,5)6;/h17H,1,7-10H2,2-6H3;/q-1;. The zero-order valence-corrected chi connectivity index (χ0v) is 14.1. The first kappa shape index (κ1) is 18.8. The Kier molecular flexibility index (Phi) is 6.01. The minimum Gasteiger partial charge on any atom is -0.444 e. The van der Waals surface area contributed by atoms with Crippen molar-refractivity contribution in [1.29, 1.82) is 0 Å². The Morgan fingerprint density at radius 2 is 1.63 bits per heavy atom. The van der Waals surface area contributed by atoms with Gasteiger partial charge in [-0.15, -0.1) is 5.41 Å². The van der Waals surface area contributed by atoms with Gasteiger partial charge >= 0.3 is 6.09 Å². The summed E-state index contributed by atoms with van der Waals surface area (Å²) in [5.41, 5.74) is -1.69. The van der Waals surface area contributed by atoms with E-state index in [0.717, 1.165) is 0 Å². The second-order valence-corrected chi connectivity index (χ2v) is 6.88. The molecular formula is C14H26NO3V-. The monoisotopic (exact) mass is 307 g/mol. The van der Waals surface area contributed by atoms with Crippen molar-refractivity contribution in [2.24, 2.45) is 5.41 Å². The van der Waals surface area contributed by atoms with Crippen LogP contribution in [0.4, 0.5) is 4.79 Å². The summed E-state index contributed by atoms with van der Waals surface area (Å²) in [6.45, 7) is 14.5. The van der Waals surface area contributed by atoms with Gasteiger partial charge in [0.2, 0.25) is 0 Å². The van der Waals surface area contributed by atoms with E-state index in [4.69, 9.17) is 4.74 Å². The molecule has 0 unspecified atom stereocenters. The SMILES string of the molecule is [CH2-]C(C)(C)C1(O)CCN(C(=O)OC(C)(C)C)CC1.[V]. The van der Waals surface area contributed by atoms with Gasteiger partial charge in [0, 0.05) is 37.2 Å². The molecule has 0 spiro atoms. The van der Waals surface area contributed by atoms with Crippen LogP contribution in [0.5, 0.6) is 0 Å². The first-order chi connectivity index (χ1) is 7.95. The molecule has 0 bridgehead atoms. The Morgan fingerprint density at radius 3 is 1.95 bits per heavy atom. The smallest absolute Gasteiger partial charge is 0.410 e. The van der Waals surface area contributed by atoms with Crippen LogP contribution in [0.2, 0.25) is 0 Å². The predicted molar refractivity (Wildman–Crippen MR) is 71.1 cm³/mol. The van der Waals surface area contributed by atoms with Crippen LogP contribution in [0.15, 0.2) is 0 Å². The topological polar surface area (TPSA) is 49.8 Å². The van der Waals surface area contributed by atoms with Crippen molar-refractivity contribution in [2.45, 2.75) is 58.7 Å². The van der Waals surface area contributed by atoms with Crippen molar-refractivity contribution in [3.8, 4) is 0 Å². The number of likely N-dealkylation sites (tertiary alicyclic amines) is 1. The van der Waals surface area contributed by atoms with Crippen LogP contribution in [0.3, 0.4) is 0 Å². The molecule has 0 aliphatic carbocycles. The van der Waals surface area contributed by atoms with Crippen LogP contribution in [-0.4, -0.2) is 40.4 Å². The van der Waals surface area contributed by atoms with E-state index < -0.39 is 16.6 Å². The van der Waals surface area contributed by atoms with Crippen molar-refractivity contribution < 1.29 is 33.2 Å². The molecule has 1 N–H and O–H groups in total. The van der Waals surface area contributed by atoms with Gasteiger partial charge in [0.15, 0.2) is 0 Å². The van der Waals surface area contributed by atoms with E-state index in [1.54, 1.807) is 4.90 Å². The minimum atomic E-state index is -0.800. The predicted octanol–water partition coefficient (Wildman–Crippen LogP) is 2.61. The molecule has 1 saturated heterocycles. The molecule has 19 heavy (non-hydrogen) atoms. The Balaban J connectivity index is 0.00000324. The molecule has 1 heterocycles. The fourth-order valence-corrected chi connectivity index (χ4v) is 2.06. The molecule has 4 nitrogen and oxygen atoms in total. The minimum absolute atomic E-state index is 0. The third-order valence-corrected chi connectivity index (χ3v) is 3.50. The molecule has 0 aromatic carbocycles. The largest absolute Gasteiger partial charge is 0.444 e. The number of nitrogens with zero attached hydrogens (tertiary/aromatic N) is 1. The molecule has 5 heteroatoms. The maximum Gasteiger partial charge on any atom is 0.410 e. The first-order valence-electron chi connectivity index (χ1n) is 6.50. The summed E-state index contributed by atoms with van der Waals surface area (Å²) in [6.07, 6.45) is 0.789. The van der Waals surface area contributed by atoms with Crippen LogP contribution in [0.25, 0.3) is 0 Å². The molecule has 1 radical (unpaired) electrons. The van der Waals surface area contributed by atoms with E-state index in [-0.39, 0.29) is 24.6 Å². The zero-order valence-electron chi connectivity index (χ0n) is 12.7. The van der Waals surface area contributed by atoms with Crippen molar-refractivity contribution >= 4 is 6.09 Å². The summed E-state index contributed by atoms with van der Waals surface area (Å²) >= 11 is 0. The fraction of sp³-hybridized carbons (Fsp3) is 0.857. The van der Waals surface area contributed by atoms with E-state index in [0.29, 0.717) is 25.9 Å². The fourth-order valence-electron chi connectivity index (χ4n) is 2.06. The summed E-state index contributed by atoms with van der Waals surface area (Å²) < 4.78 is 5.32. The normalized spacial score (nSPS) is 19.6. The molecule has 1 rings (SSSR count). The van der Waals surface area contributed by atoms with E-state index in [2.05, 4.69) is 6.92 Å². The molecule has 111 valence electrons. The van der Waals surface area contributed by atoms with Crippen molar-refractivity contribution in [1.82, 2.24) is 4.90 Å². The van der Waals surface area contributed by atoms with Gasteiger partial charge in [0.25, 0.3) is 0 Å². The Hall–Kier alpha value is -0.186. The third kappa shape index (κ3) is 5.01. The molecule has 1 amide bonds. The number of hydrogen-bond donors (Lipinski definition) is 1. The maximum absolute atomic E-state index is 11.9. The molecule has 0 aromatic rings. The van der Waals surface area contributed by atoms with Crippen LogP contribution >= 0.6 is 0 Å². The number of piperidine rings is 1. The van der Waals surface area contributed by atoms with Crippen molar-refractivity contribution in [3.05, 3.63) is 6.92 Å². The van der Waals surface area contributed by atoms with E-state index in [1.807, 2.05) is 34.6 Å². The average molecular weight is 307 g/mol. The third-order valence-electron chi connectivity index (χ3n) is 3.50. The van der Waals surface area contributed by atoms with Crippen molar-refractivity contribution in [3.63, 3.8) is 0 Å². The van der Waals surface area contributed by atoms with Crippen LogP contribution in [0, 0.1) is 12.3 Å². The second-order valence-electron chi connectivity index (χ2n) is 6.88. The molecule has 1 fully saturated rings. The molecule has 1 aliphatic rings.